The van der Waals surface area contributed by atoms with Crippen LogP contribution in [0, 0.1) is 0 Å². The molecule has 8 heteroatoms. The average molecular weight is 364 g/mol. The van der Waals surface area contributed by atoms with Gasteiger partial charge in [-0.15, -0.1) is 0 Å². The number of pyridine rings is 1. The van der Waals surface area contributed by atoms with Crippen LogP contribution in [-0.4, -0.2) is 38.1 Å². The van der Waals surface area contributed by atoms with E-state index in [9.17, 15) is 13.2 Å². The normalized spacial score (nSPS) is 11.4. The van der Waals surface area contributed by atoms with Crippen LogP contribution in [0.2, 0.25) is 0 Å². The van der Waals surface area contributed by atoms with Crippen LogP contribution in [-0.2, 0) is 14.8 Å². The van der Waals surface area contributed by atoms with Crippen LogP contribution in [0.3, 0.4) is 0 Å². The number of benzene rings is 1. The number of anilines is 1. The molecule has 134 valence electrons. The third kappa shape index (κ3) is 4.08. The first-order valence-electron chi connectivity index (χ1n) is 7.61. The molecule has 1 aromatic carbocycles. The summed E-state index contributed by atoms with van der Waals surface area (Å²) < 4.78 is 31.9. The van der Waals surface area contributed by atoms with Crippen LogP contribution in [0.5, 0.6) is 5.75 Å². The Morgan fingerprint density at radius 1 is 1.24 bits per heavy atom. The van der Waals surface area contributed by atoms with Crippen molar-refractivity contribution in [3.8, 4) is 5.75 Å². The number of methoxy groups -OCH3 is 1. The van der Waals surface area contributed by atoms with Gasteiger partial charge in [0.15, 0.2) is 5.03 Å². The van der Waals surface area contributed by atoms with E-state index in [2.05, 4.69) is 4.98 Å². The van der Waals surface area contributed by atoms with E-state index in [-0.39, 0.29) is 22.4 Å². The number of rotatable bonds is 7. The third-order valence-corrected chi connectivity index (χ3v) is 5.29. The van der Waals surface area contributed by atoms with Crippen molar-refractivity contribution >= 4 is 21.7 Å². The first-order valence-corrected chi connectivity index (χ1v) is 9.05. The molecule has 0 fully saturated rings. The molecular formula is C17H20N2O5S. The average Bonchev–Trinajstić information content (AvgIpc) is 2.59. The van der Waals surface area contributed by atoms with Crippen LogP contribution in [0.15, 0.2) is 47.6 Å². The fraction of sp³-hybridized carbons (Fsp3) is 0.294. The predicted octanol–water partition coefficient (Wildman–Crippen LogP) is 2.49. The van der Waals surface area contributed by atoms with Gasteiger partial charge >= 0.3 is 5.97 Å². The minimum atomic E-state index is -4.16. The van der Waals surface area contributed by atoms with Crippen LogP contribution >= 0.6 is 0 Å². The largest absolute Gasteiger partial charge is 0.495 e. The second-order valence-corrected chi connectivity index (χ2v) is 7.47. The monoisotopic (exact) mass is 364 g/mol. The van der Waals surface area contributed by atoms with Crippen LogP contribution in [0.4, 0.5) is 5.69 Å². The summed E-state index contributed by atoms with van der Waals surface area (Å²) in [6, 6.07) is 9.39. The number of carboxylic acid groups (broad SMARTS) is 1. The Kier molecular flexibility index (Phi) is 5.63. The van der Waals surface area contributed by atoms with Gasteiger partial charge in [0.1, 0.15) is 12.3 Å². The molecule has 0 saturated heterocycles. The Morgan fingerprint density at radius 2 is 1.92 bits per heavy atom. The van der Waals surface area contributed by atoms with Gasteiger partial charge in [-0.05, 0) is 29.7 Å². The van der Waals surface area contributed by atoms with Gasteiger partial charge in [-0.2, -0.15) is 8.42 Å². The smallest absolute Gasteiger partial charge is 0.324 e. The maximum atomic E-state index is 13.0. The lowest BCUT2D eigenvalue weighted by atomic mass is 10.1. The second kappa shape index (κ2) is 7.52. The summed E-state index contributed by atoms with van der Waals surface area (Å²) in [6.07, 6.45) is 1.48. The molecule has 1 N–H and O–H groups in total. The van der Waals surface area contributed by atoms with Crippen molar-refractivity contribution in [2.45, 2.75) is 24.8 Å². The summed E-state index contributed by atoms with van der Waals surface area (Å²) in [5, 5.41) is 8.95. The minimum absolute atomic E-state index is 0.141. The molecule has 0 bridgehead atoms. The van der Waals surface area contributed by atoms with Crippen molar-refractivity contribution < 1.29 is 23.1 Å². The van der Waals surface area contributed by atoms with E-state index in [4.69, 9.17) is 9.84 Å². The highest BCUT2D eigenvalue weighted by molar-refractivity contribution is 7.92. The summed E-state index contributed by atoms with van der Waals surface area (Å²) >= 11 is 0. The van der Waals surface area contributed by atoms with Crippen molar-refractivity contribution in [3.63, 3.8) is 0 Å². The highest BCUT2D eigenvalue weighted by Gasteiger charge is 2.30. The summed E-state index contributed by atoms with van der Waals surface area (Å²) in [7, 11) is -2.77. The quantitative estimate of drug-likeness (QED) is 0.811. The molecule has 2 rings (SSSR count). The fourth-order valence-corrected chi connectivity index (χ4v) is 3.60. The number of hydrogen-bond donors (Lipinski definition) is 1. The van der Waals surface area contributed by atoms with Crippen LogP contribution in [0.25, 0.3) is 0 Å². The van der Waals surface area contributed by atoms with E-state index in [1.54, 1.807) is 24.3 Å². The number of nitrogens with zero attached hydrogens (tertiary/aromatic N) is 2. The fourth-order valence-electron chi connectivity index (χ4n) is 2.26. The summed E-state index contributed by atoms with van der Waals surface area (Å²) in [4.78, 5) is 15.3. The summed E-state index contributed by atoms with van der Waals surface area (Å²) in [6.45, 7) is 3.20. The zero-order valence-electron chi connectivity index (χ0n) is 14.2. The number of ether oxygens (including phenoxy) is 1. The van der Waals surface area contributed by atoms with Gasteiger partial charge in [-0.3, -0.25) is 9.10 Å². The lowest BCUT2D eigenvalue weighted by molar-refractivity contribution is -0.135. The van der Waals surface area contributed by atoms with E-state index in [1.165, 1.54) is 25.4 Å². The molecule has 7 nitrogen and oxygen atoms in total. The van der Waals surface area contributed by atoms with Gasteiger partial charge in [0.05, 0.1) is 12.8 Å². The van der Waals surface area contributed by atoms with E-state index < -0.39 is 22.5 Å². The minimum Gasteiger partial charge on any atom is -0.495 e. The molecule has 0 aliphatic carbocycles. The molecule has 0 saturated carbocycles. The first-order chi connectivity index (χ1) is 11.8. The van der Waals surface area contributed by atoms with Crippen molar-refractivity contribution in [2.75, 3.05) is 18.0 Å². The van der Waals surface area contributed by atoms with Crippen molar-refractivity contribution in [1.29, 1.82) is 0 Å². The number of carboxylic acids is 1. The molecule has 0 aliphatic heterocycles. The number of aromatic nitrogens is 1. The van der Waals surface area contributed by atoms with Crippen molar-refractivity contribution in [2.24, 2.45) is 0 Å². The summed E-state index contributed by atoms with van der Waals surface area (Å²) in [5.74, 6) is -0.826. The Bertz CT molecular complexity index is 848. The van der Waals surface area contributed by atoms with E-state index in [0.717, 1.165) is 9.87 Å². The van der Waals surface area contributed by atoms with Gasteiger partial charge in [0.2, 0.25) is 0 Å². The van der Waals surface area contributed by atoms with Gasteiger partial charge < -0.3 is 9.84 Å². The molecule has 0 atom stereocenters. The molecule has 1 heterocycles. The third-order valence-electron chi connectivity index (χ3n) is 3.61. The van der Waals surface area contributed by atoms with Crippen LogP contribution < -0.4 is 9.04 Å². The van der Waals surface area contributed by atoms with E-state index >= 15 is 0 Å². The Morgan fingerprint density at radius 3 is 2.44 bits per heavy atom. The topological polar surface area (TPSA) is 96.8 Å². The molecule has 0 spiro atoms. The molecule has 0 unspecified atom stereocenters. The number of aliphatic carboxylic acids is 1. The Labute approximate surface area is 146 Å². The van der Waals surface area contributed by atoms with Crippen molar-refractivity contribution in [3.05, 3.63) is 48.2 Å². The van der Waals surface area contributed by atoms with Gasteiger partial charge in [0.25, 0.3) is 10.0 Å². The first kappa shape index (κ1) is 18.7. The predicted molar refractivity (Wildman–Crippen MR) is 93.5 cm³/mol. The highest BCUT2D eigenvalue weighted by atomic mass is 32.2. The molecule has 0 aliphatic rings. The number of carbonyl (C=O) groups is 1. The number of sulfonamides is 1. The van der Waals surface area contributed by atoms with Gasteiger partial charge in [0, 0.05) is 6.20 Å². The Balaban J connectivity index is 2.54. The molecular weight excluding hydrogens is 344 g/mol. The summed E-state index contributed by atoms with van der Waals surface area (Å²) in [5.41, 5.74) is 1.03. The number of hydrogen-bond acceptors (Lipinski definition) is 5. The second-order valence-electron chi connectivity index (χ2n) is 5.66. The van der Waals surface area contributed by atoms with Gasteiger partial charge in [-0.1, -0.05) is 32.0 Å². The zero-order valence-corrected chi connectivity index (χ0v) is 15.0. The van der Waals surface area contributed by atoms with Crippen molar-refractivity contribution in [1.82, 2.24) is 4.98 Å². The maximum Gasteiger partial charge on any atom is 0.324 e. The SMILES string of the molecule is COc1ccccc1N(CC(=O)O)S(=O)(=O)c1ccc(C(C)C)cn1. The lowest BCUT2D eigenvalue weighted by Crippen LogP contribution is -2.36. The molecule has 0 amide bonds. The molecule has 25 heavy (non-hydrogen) atoms. The molecule has 2 aromatic rings. The standard InChI is InChI=1S/C17H20N2O5S/c1-12(2)13-8-9-16(18-10-13)25(22,23)19(11-17(20)21)14-6-4-5-7-15(14)24-3/h4-10,12H,11H2,1-3H3,(H,20,21). The number of para-hydroxylation sites is 2. The van der Waals surface area contributed by atoms with Gasteiger partial charge in [-0.25, -0.2) is 4.98 Å². The van der Waals surface area contributed by atoms with E-state index in [1.807, 2.05) is 13.8 Å². The molecule has 1 aromatic heterocycles. The Hall–Kier alpha value is -2.61. The van der Waals surface area contributed by atoms with Crippen LogP contribution in [0.1, 0.15) is 25.3 Å². The molecule has 0 radical (unpaired) electrons. The lowest BCUT2D eigenvalue weighted by Gasteiger charge is -2.24. The maximum absolute atomic E-state index is 13.0. The van der Waals surface area contributed by atoms with E-state index in [0.29, 0.717) is 0 Å². The highest BCUT2D eigenvalue weighted by Crippen LogP contribution is 2.31. The zero-order chi connectivity index (χ0) is 18.6.